The number of amides is 1. The Balaban J connectivity index is 0.00000225. The molecule has 0 aliphatic carbocycles. The van der Waals surface area contributed by atoms with Gasteiger partial charge in [0.15, 0.2) is 0 Å². The third-order valence-electron chi connectivity index (χ3n) is 1.82. The summed E-state index contributed by atoms with van der Waals surface area (Å²) in [6.45, 7) is 0.235. The molecule has 2 N–H and O–H groups in total. The first-order valence-corrected chi connectivity index (χ1v) is 4.66. The molecule has 0 heterocycles. The zero-order chi connectivity index (χ0) is 11.1. The summed E-state index contributed by atoms with van der Waals surface area (Å²) in [4.78, 5) is 21.5. The van der Waals surface area contributed by atoms with Crippen molar-refractivity contribution in [2.24, 2.45) is 5.73 Å². The summed E-state index contributed by atoms with van der Waals surface area (Å²) >= 11 is 0. The standard InChI is InChI=1S/C11H13NO3.H2/c12-10(13)6-7-11(14)15-8-9-4-2-1-3-5-9;/h1-5H,6-8H2,(H2,12,13);1H. The molecular formula is C11H15NO3. The molecule has 0 aliphatic heterocycles. The van der Waals surface area contributed by atoms with Gasteiger partial charge in [0.2, 0.25) is 5.91 Å². The quantitative estimate of drug-likeness (QED) is 0.742. The Kier molecular flexibility index (Phi) is 4.34. The number of hydrogen-bond donors (Lipinski definition) is 1. The number of hydrogen-bond acceptors (Lipinski definition) is 3. The molecule has 0 atom stereocenters. The fourth-order valence-electron chi connectivity index (χ4n) is 1.04. The lowest BCUT2D eigenvalue weighted by Gasteiger charge is -2.03. The molecule has 1 aromatic rings. The van der Waals surface area contributed by atoms with Gasteiger partial charge in [0.05, 0.1) is 6.42 Å². The van der Waals surface area contributed by atoms with E-state index in [0.29, 0.717) is 0 Å². The summed E-state index contributed by atoms with van der Waals surface area (Å²) in [6, 6.07) is 9.35. The van der Waals surface area contributed by atoms with Gasteiger partial charge < -0.3 is 10.5 Å². The first-order chi connectivity index (χ1) is 7.18. The average Bonchev–Trinajstić information content (AvgIpc) is 2.25. The highest BCUT2D eigenvalue weighted by molar-refractivity contribution is 5.79. The molecule has 1 rings (SSSR count). The number of carbonyl (C=O) groups is 2. The molecule has 0 fully saturated rings. The van der Waals surface area contributed by atoms with Crippen LogP contribution >= 0.6 is 0 Å². The van der Waals surface area contributed by atoms with Crippen LogP contribution in [0.4, 0.5) is 0 Å². The van der Waals surface area contributed by atoms with E-state index >= 15 is 0 Å². The number of ether oxygens (including phenoxy) is 1. The van der Waals surface area contributed by atoms with Crippen molar-refractivity contribution in [2.45, 2.75) is 19.4 Å². The van der Waals surface area contributed by atoms with Gasteiger partial charge in [-0.05, 0) is 5.56 Å². The minimum Gasteiger partial charge on any atom is -0.461 e. The first kappa shape index (κ1) is 11.2. The molecule has 0 bridgehead atoms. The van der Waals surface area contributed by atoms with Gasteiger partial charge in [-0.25, -0.2) is 0 Å². The summed E-state index contributed by atoms with van der Waals surface area (Å²) in [5, 5.41) is 0. The minimum absolute atomic E-state index is 0. The Hall–Kier alpha value is -1.84. The molecule has 1 amide bonds. The molecule has 1 aromatic carbocycles. The Morgan fingerprint density at radius 2 is 1.87 bits per heavy atom. The van der Waals surface area contributed by atoms with Crippen LogP contribution in [0.15, 0.2) is 30.3 Å². The number of rotatable bonds is 5. The van der Waals surface area contributed by atoms with E-state index in [0.717, 1.165) is 5.56 Å². The Morgan fingerprint density at radius 1 is 1.20 bits per heavy atom. The normalized spacial score (nSPS) is 9.60. The fraction of sp³-hybridized carbons (Fsp3) is 0.273. The van der Waals surface area contributed by atoms with Crippen molar-refractivity contribution in [1.29, 1.82) is 0 Å². The van der Waals surface area contributed by atoms with Crippen molar-refractivity contribution >= 4 is 11.9 Å². The summed E-state index contributed by atoms with van der Waals surface area (Å²) in [5.41, 5.74) is 5.82. The van der Waals surface area contributed by atoms with E-state index in [-0.39, 0.29) is 20.9 Å². The highest BCUT2D eigenvalue weighted by atomic mass is 16.5. The van der Waals surface area contributed by atoms with Crippen LogP contribution < -0.4 is 5.73 Å². The lowest BCUT2D eigenvalue weighted by Crippen LogP contribution is -2.14. The van der Waals surface area contributed by atoms with Gasteiger partial charge in [0, 0.05) is 7.85 Å². The molecule has 4 heteroatoms. The molecule has 82 valence electrons. The average molecular weight is 209 g/mol. The number of carbonyl (C=O) groups excluding carboxylic acids is 2. The second-order valence-corrected chi connectivity index (χ2v) is 3.11. The molecule has 0 aromatic heterocycles. The van der Waals surface area contributed by atoms with Crippen molar-refractivity contribution in [3.05, 3.63) is 35.9 Å². The van der Waals surface area contributed by atoms with Gasteiger partial charge in [-0.2, -0.15) is 0 Å². The summed E-state index contributed by atoms with van der Waals surface area (Å²) in [5.74, 6) is -0.899. The van der Waals surface area contributed by atoms with Gasteiger partial charge in [-0.1, -0.05) is 30.3 Å². The topological polar surface area (TPSA) is 69.4 Å². The fourth-order valence-corrected chi connectivity index (χ4v) is 1.04. The smallest absolute Gasteiger partial charge is 0.306 e. The van der Waals surface area contributed by atoms with E-state index in [9.17, 15) is 9.59 Å². The number of primary amides is 1. The maximum absolute atomic E-state index is 11.1. The van der Waals surface area contributed by atoms with E-state index < -0.39 is 11.9 Å². The van der Waals surface area contributed by atoms with Crippen LogP contribution in [-0.2, 0) is 20.9 Å². The lowest BCUT2D eigenvalue weighted by atomic mass is 10.2. The Morgan fingerprint density at radius 3 is 2.47 bits per heavy atom. The molecule has 0 spiro atoms. The van der Waals surface area contributed by atoms with Crippen molar-refractivity contribution in [2.75, 3.05) is 0 Å². The zero-order valence-corrected chi connectivity index (χ0v) is 8.31. The minimum atomic E-state index is -0.494. The van der Waals surface area contributed by atoms with E-state index in [1.165, 1.54) is 0 Å². The van der Waals surface area contributed by atoms with Crippen LogP contribution in [0.3, 0.4) is 0 Å². The van der Waals surface area contributed by atoms with Crippen LogP contribution in [-0.4, -0.2) is 11.9 Å². The van der Waals surface area contributed by atoms with E-state index in [1.807, 2.05) is 30.3 Å². The highest BCUT2D eigenvalue weighted by Gasteiger charge is 2.05. The van der Waals surface area contributed by atoms with Crippen LogP contribution in [0, 0.1) is 0 Å². The summed E-state index contributed by atoms with van der Waals surface area (Å²) in [7, 11) is 0. The molecule has 0 radical (unpaired) electrons. The number of esters is 1. The van der Waals surface area contributed by atoms with Crippen molar-refractivity contribution in [1.82, 2.24) is 0 Å². The molecule has 0 unspecified atom stereocenters. The van der Waals surface area contributed by atoms with Gasteiger partial charge in [0.1, 0.15) is 6.61 Å². The first-order valence-electron chi connectivity index (χ1n) is 4.66. The number of nitrogens with two attached hydrogens (primary N) is 1. The molecule has 0 saturated carbocycles. The molecule has 0 aliphatic rings. The van der Waals surface area contributed by atoms with Crippen molar-refractivity contribution < 1.29 is 15.8 Å². The zero-order valence-electron chi connectivity index (χ0n) is 8.31. The second-order valence-electron chi connectivity index (χ2n) is 3.11. The monoisotopic (exact) mass is 209 g/mol. The predicted molar refractivity (Wildman–Crippen MR) is 56.8 cm³/mol. The van der Waals surface area contributed by atoms with Crippen LogP contribution in [0.2, 0.25) is 0 Å². The largest absolute Gasteiger partial charge is 0.461 e. The Bertz CT molecular complexity index is 340. The molecule has 4 nitrogen and oxygen atoms in total. The van der Waals surface area contributed by atoms with Gasteiger partial charge in [0.25, 0.3) is 0 Å². The van der Waals surface area contributed by atoms with Crippen molar-refractivity contribution in [3.8, 4) is 0 Å². The molecular weight excluding hydrogens is 194 g/mol. The summed E-state index contributed by atoms with van der Waals surface area (Å²) < 4.78 is 4.93. The summed E-state index contributed by atoms with van der Waals surface area (Å²) in [6.07, 6.45) is 0.0792. The van der Waals surface area contributed by atoms with Gasteiger partial charge >= 0.3 is 5.97 Å². The number of benzene rings is 1. The molecule has 0 saturated heterocycles. The third kappa shape index (κ3) is 4.81. The van der Waals surface area contributed by atoms with Crippen LogP contribution in [0.1, 0.15) is 19.8 Å². The van der Waals surface area contributed by atoms with Gasteiger partial charge in [-0.15, -0.1) is 0 Å². The molecule has 15 heavy (non-hydrogen) atoms. The maximum atomic E-state index is 11.1. The predicted octanol–water partition coefficient (Wildman–Crippen LogP) is 1.24. The van der Waals surface area contributed by atoms with E-state index in [2.05, 4.69) is 0 Å². The SMILES string of the molecule is NC(=O)CCC(=O)OCc1ccccc1.[HH]. The van der Waals surface area contributed by atoms with Crippen molar-refractivity contribution in [3.63, 3.8) is 0 Å². The second kappa shape index (κ2) is 5.80. The highest BCUT2D eigenvalue weighted by Crippen LogP contribution is 2.02. The third-order valence-corrected chi connectivity index (χ3v) is 1.82. The van der Waals surface area contributed by atoms with E-state index in [1.54, 1.807) is 0 Å². The Labute approximate surface area is 89.5 Å². The van der Waals surface area contributed by atoms with Crippen LogP contribution in [0.25, 0.3) is 0 Å². The van der Waals surface area contributed by atoms with E-state index in [4.69, 9.17) is 10.5 Å². The van der Waals surface area contributed by atoms with Gasteiger partial charge in [-0.3, -0.25) is 9.59 Å². The van der Waals surface area contributed by atoms with Crippen LogP contribution in [0.5, 0.6) is 0 Å². The maximum Gasteiger partial charge on any atom is 0.306 e. The lowest BCUT2D eigenvalue weighted by molar-refractivity contribution is -0.146.